The van der Waals surface area contributed by atoms with Gasteiger partial charge in [0, 0.05) is 0 Å². The minimum absolute atomic E-state index is 0.124. The molecule has 0 heterocycles. The van der Waals surface area contributed by atoms with Crippen molar-refractivity contribution in [3.05, 3.63) is 35.9 Å². The first-order valence-electron chi connectivity index (χ1n) is 3.57. The van der Waals surface area contributed by atoms with Gasteiger partial charge in [-0.3, -0.25) is 0 Å². The van der Waals surface area contributed by atoms with Gasteiger partial charge in [-0.05, 0) is 5.56 Å². The third-order valence-corrected chi connectivity index (χ3v) is 1.57. The summed E-state index contributed by atoms with van der Waals surface area (Å²) in [6, 6.07) is 7.80. The minimum atomic E-state index is -3.71. The molecule has 2 atom stereocenters. The summed E-state index contributed by atoms with van der Waals surface area (Å²) < 4.78 is 25.6. The Bertz CT molecular complexity index is 318. The molecule has 0 saturated heterocycles. The van der Waals surface area contributed by atoms with Crippen LogP contribution in [0.5, 0.6) is 0 Å². The second kappa shape index (κ2) is 3.50. The second-order valence-electron chi connectivity index (χ2n) is 2.53. The number of nitriles is 1. The Balaban J connectivity index is 2.94. The molecule has 1 rings (SSSR count). The van der Waals surface area contributed by atoms with Crippen LogP contribution in [0.1, 0.15) is 11.7 Å². The van der Waals surface area contributed by atoms with Crippen LogP contribution in [0.25, 0.3) is 0 Å². The fraction of sp³-hybridized carbons (Fsp3) is 0.222. The highest BCUT2D eigenvalue weighted by Gasteiger charge is 2.40. The van der Waals surface area contributed by atoms with Gasteiger partial charge < -0.3 is 0 Å². The normalized spacial score (nSPS) is 17.1. The summed E-state index contributed by atoms with van der Waals surface area (Å²) in [6.45, 7) is 0. The maximum atomic E-state index is 13.0. The predicted octanol–water partition coefficient (Wildman–Crippen LogP) is 2.32. The summed E-state index contributed by atoms with van der Waals surface area (Å²) >= 11 is 0. The number of alkyl halides is 2. The molecule has 0 aliphatic carbocycles. The molecule has 0 spiro atoms. The van der Waals surface area contributed by atoms with E-state index in [1.54, 1.807) is 6.07 Å². The Morgan fingerprint density at radius 2 is 1.92 bits per heavy atom. The van der Waals surface area contributed by atoms with Crippen molar-refractivity contribution in [1.29, 1.82) is 5.26 Å². The molecule has 0 aliphatic heterocycles. The fourth-order valence-corrected chi connectivity index (χ4v) is 0.893. The summed E-state index contributed by atoms with van der Waals surface area (Å²) in [6.07, 6.45) is -2.45. The molecule has 0 amide bonds. The number of rotatable bonds is 2. The van der Waals surface area contributed by atoms with Crippen LogP contribution < -0.4 is 0 Å². The van der Waals surface area contributed by atoms with Crippen molar-refractivity contribution in [2.75, 3.05) is 0 Å². The zero-order chi connectivity index (χ0) is 9.90. The van der Waals surface area contributed by atoms with Crippen molar-refractivity contribution in [3.63, 3.8) is 0 Å². The second-order valence-corrected chi connectivity index (χ2v) is 2.53. The first kappa shape index (κ1) is 9.62. The molecule has 2 unspecified atom stereocenters. The number of hydrogen-bond acceptors (Lipinski definition) is 1. The molecule has 67 valence electrons. The molecule has 0 aliphatic rings. The Morgan fingerprint density at radius 3 is 2.38 bits per heavy atom. The third kappa shape index (κ3) is 2.01. The highest BCUT2D eigenvalue weighted by Crippen LogP contribution is 2.30. The Morgan fingerprint density at radius 1 is 1.38 bits per heavy atom. The molecule has 0 saturated carbocycles. The van der Waals surface area contributed by atoms with Crippen molar-refractivity contribution in [2.45, 2.75) is 12.0 Å². The van der Waals surface area contributed by atoms with Crippen molar-refractivity contribution in [2.24, 2.45) is 0 Å². The van der Waals surface area contributed by atoms with E-state index in [-0.39, 0.29) is 5.56 Å². The molecule has 0 bridgehead atoms. The highest BCUT2D eigenvalue weighted by molar-refractivity contribution is 5.21. The van der Waals surface area contributed by atoms with Gasteiger partial charge in [0.2, 0.25) is 6.17 Å². The lowest BCUT2D eigenvalue weighted by atomic mass is 10.1. The average Bonchev–Trinajstić information content (AvgIpc) is 2.18. The highest BCUT2D eigenvalue weighted by atomic mass is 19.2. The third-order valence-electron chi connectivity index (χ3n) is 1.57. The van der Waals surface area contributed by atoms with Gasteiger partial charge >= 0.3 is 5.85 Å². The van der Waals surface area contributed by atoms with Gasteiger partial charge in [-0.2, -0.15) is 14.8 Å². The molecule has 2 nitrogen and oxygen atoms in total. The quantitative estimate of drug-likeness (QED) is 0.692. The Hall–Kier alpha value is -1.47. The summed E-state index contributed by atoms with van der Waals surface area (Å²) in [5, 5.41) is 18.6. The van der Waals surface area contributed by atoms with Gasteiger partial charge in [0.15, 0.2) is 0 Å². The van der Waals surface area contributed by atoms with Gasteiger partial charge in [0.1, 0.15) is 6.07 Å². The Labute approximate surface area is 74.0 Å². The molecule has 0 N–H and O–H groups in total. The molecule has 0 aromatic heterocycles. The van der Waals surface area contributed by atoms with Crippen LogP contribution in [0.15, 0.2) is 30.3 Å². The van der Waals surface area contributed by atoms with Crippen molar-refractivity contribution in [1.82, 2.24) is 0 Å². The average molecular weight is 182 g/mol. The maximum absolute atomic E-state index is 13.0. The zero-order valence-electron chi connectivity index (χ0n) is 6.58. The molecular formula is C9H6F2NO. The SMILES string of the molecule is N#CC([O])(F)C(F)c1ccccc1. The fourth-order valence-electron chi connectivity index (χ4n) is 0.893. The van der Waals surface area contributed by atoms with Crippen LogP contribution in [0.4, 0.5) is 8.78 Å². The number of nitrogens with zero attached hydrogens (tertiary/aromatic N) is 1. The first-order valence-corrected chi connectivity index (χ1v) is 3.57. The minimum Gasteiger partial charge on any atom is -0.235 e. The maximum Gasteiger partial charge on any atom is 0.359 e. The summed E-state index contributed by atoms with van der Waals surface area (Å²) in [4.78, 5) is 0. The van der Waals surface area contributed by atoms with E-state index in [0.29, 0.717) is 0 Å². The van der Waals surface area contributed by atoms with Crippen LogP contribution in [0.3, 0.4) is 0 Å². The van der Waals surface area contributed by atoms with Crippen LogP contribution in [-0.2, 0) is 5.11 Å². The first-order chi connectivity index (χ1) is 6.08. The number of halogens is 2. The predicted molar refractivity (Wildman–Crippen MR) is 40.4 cm³/mol. The lowest BCUT2D eigenvalue weighted by Gasteiger charge is -2.12. The van der Waals surface area contributed by atoms with Crippen LogP contribution in [0, 0.1) is 11.3 Å². The van der Waals surface area contributed by atoms with Crippen molar-refractivity contribution >= 4 is 0 Å². The summed E-state index contributed by atoms with van der Waals surface area (Å²) in [5.41, 5.74) is -0.124. The zero-order valence-corrected chi connectivity index (χ0v) is 6.58. The van der Waals surface area contributed by atoms with Crippen LogP contribution in [-0.4, -0.2) is 5.85 Å². The van der Waals surface area contributed by atoms with Gasteiger partial charge in [-0.1, -0.05) is 30.3 Å². The molecule has 1 radical (unpaired) electrons. The van der Waals surface area contributed by atoms with Crippen molar-refractivity contribution in [3.8, 4) is 6.07 Å². The van der Waals surface area contributed by atoms with Crippen molar-refractivity contribution < 1.29 is 13.9 Å². The van der Waals surface area contributed by atoms with Gasteiger partial charge in [0.05, 0.1) is 0 Å². The van der Waals surface area contributed by atoms with Crippen LogP contribution in [0.2, 0.25) is 0 Å². The van der Waals surface area contributed by atoms with E-state index in [0.717, 1.165) is 6.07 Å². The standard InChI is InChI=1S/C9H6F2NO/c10-8(9(11,13)6-12)7-4-2-1-3-5-7/h1-5,8H. The summed E-state index contributed by atoms with van der Waals surface area (Å²) in [7, 11) is 0. The Kier molecular flexibility index (Phi) is 2.59. The molecule has 1 aromatic rings. The number of benzene rings is 1. The van der Waals surface area contributed by atoms with Gasteiger partial charge in [-0.15, -0.1) is 0 Å². The van der Waals surface area contributed by atoms with E-state index < -0.39 is 12.0 Å². The monoisotopic (exact) mass is 182 g/mol. The molecule has 0 fully saturated rings. The molecule has 13 heavy (non-hydrogen) atoms. The largest absolute Gasteiger partial charge is 0.359 e. The topological polar surface area (TPSA) is 43.7 Å². The molecule has 1 aromatic carbocycles. The lowest BCUT2D eigenvalue weighted by Crippen LogP contribution is -2.24. The number of hydrogen-bond donors (Lipinski definition) is 0. The molecular weight excluding hydrogens is 176 g/mol. The van der Waals surface area contributed by atoms with E-state index in [2.05, 4.69) is 0 Å². The molecule has 4 heteroatoms. The van der Waals surface area contributed by atoms with Gasteiger partial charge in [0.25, 0.3) is 0 Å². The van der Waals surface area contributed by atoms with E-state index in [1.807, 2.05) is 0 Å². The lowest BCUT2D eigenvalue weighted by molar-refractivity contribution is -0.144. The van der Waals surface area contributed by atoms with Crippen LogP contribution >= 0.6 is 0 Å². The summed E-state index contributed by atoms with van der Waals surface area (Å²) in [5.74, 6) is -3.71. The van der Waals surface area contributed by atoms with E-state index in [1.165, 1.54) is 24.3 Å². The van der Waals surface area contributed by atoms with E-state index in [4.69, 9.17) is 5.26 Å². The smallest absolute Gasteiger partial charge is 0.235 e. The van der Waals surface area contributed by atoms with Gasteiger partial charge in [-0.25, -0.2) is 4.39 Å². The van der Waals surface area contributed by atoms with E-state index in [9.17, 15) is 13.9 Å². The van der Waals surface area contributed by atoms with E-state index >= 15 is 0 Å².